The van der Waals surface area contributed by atoms with Gasteiger partial charge in [0.15, 0.2) is 5.52 Å². The number of hydrogen-bond acceptors (Lipinski definition) is 3. The van der Waals surface area contributed by atoms with Gasteiger partial charge in [-0.1, -0.05) is 33.8 Å². The predicted molar refractivity (Wildman–Crippen MR) is 134 cm³/mol. The Hall–Kier alpha value is -1.26. The van der Waals surface area contributed by atoms with E-state index in [4.69, 9.17) is 9.47 Å². The molecule has 0 saturated carbocycles. The first-order valence-corrected chi connectivity index (χ1v) is 12.4. The van der Waals surface area contributed by atoms with Crippen LogP contribution in [-0.4, -0.2) is 18.7 Å². The maximum atomic E-state index is 13.3. The van der Waals surface area contributed by atoms with Gasteiger partial charge in [0.25, 0.3) is 0 Å². The van der Waals surface area contributed by atoms with Crippen molar-refractivity contribution in [3.63, 3.8) is 0 Å². The average Bonchev–Trinajstić information content (AvgIpc) is 2.67. The van der Waals surface area contributed by atoms with Crippen LogP contribution in [0.2, 0.25) is 0 Å². The first-order chi connectivity index (χ1) is 14.6. The second kappa shape index (κ2) is 13.4. The quantitative estimate of drug-likeness (QED) is 0.385. The normalized spacial score (nSPS) is 11.3. The third-order valence-corrected chi connectivity index (χ3v) is 6.86. The molecule has 2 aromatic carbocycles. The standard InChI is InChI=1S/C27H39O3P.Li/c1-17(2)11-13-29-23-9-10-25(24(16-23)30-14-12-18(3)4)31-27(28)26-20(6)15-19(5)21(7)22(26)8;/h9-10,15-18,31H,11-14H2,1-8H3;/q;+1. The molecule has 0 aliphatic rings. The van der Waals surface area contributed by atoms with Crippen molar-refractivity contribution in [2.75, 3.05) is 13.2 Å². The van der Waals surface area contributed by atoms with Gasteiger partial charge in [-0.05, 0) is 95.3 Å². The van der Waals surface area contributed by atoms with Crippen LogP contribution < -0.4 is 33.6 Å². The molecule has 1 unspecified atom stereocenters. The number of carbonyl (C=O) groups is 1. The molecule has 32 heavy (non-hydrogen) atoms. The Morgan fingerprint density at radius 3 is 2.03 bits per heavy atom. The number of rotatable bonds is 11. The van der Waals surface area contributed by atoms with Crippen LogP contribution in [0.5, 0.6) is 11.5 Å². The fourth-order valence-corrected chi connectivity index (χ4v) is 4.64. The predicted octanol–water partition coefficient (Wildman–Crippen LogP) is 3.92. The molecule has 1 atom stereocenters. The van der Waals surface area contributed by atoms with Gasteiger partial charge in [-0.2, -0.15) is 0 Å². The van der Waals surface area contributed by atoms with E-state index in [1.165, 1.54) is 11.1 Å². The molecule has 170 valence electrons. The van der Waals surface area contributed by atoms with Gasteiger partial charge in [-0.25, -0.2) is 0 Å². The number of hydrogen-bond donors (Lipinski definition) is 0. The van der Waals surface area contributed by atoms with Gasteiger partial charge in [0.1, 0.15) is 11.5 Å². The average molecular weight is 450 g/mol. The maximum absolute atomic E-state index is 13.3. The topological polar surface area (TPSA) is 35.5 Å². The summed E-state index contributed by atoms with van der Waals surface area (Å²) in [5, 5.41) is 0.946. The van der Waals surface area contributed by atoms with E-state index in [9.17, 15) is 4.79 Å². The molecule has 0 aromatic heterocycles. The van der Waals surface area contributed by atoms with Crippen molar-refractivity contribution in [3.8, 4) is 11.5 Å². The molecular weight excluding hydrogens is 410 g/mol. The van der Waals surface area contributed by atoms with Gasteiger partial charge in [-0.3, -0.25) is 4.79 Å². The summed E-state index contributed by atoms with van der Waals surface area (Å²) in [7, 11) is 0.0215. The molecule has 0 saturated heterocycles. The van der Waals surface area contributed by atoms with Crippen LogP contribution in [0.4, 0.5) is 0 Å². The molecule has 0 amide bonds. The number of carbonyl (C=O) groups excluding carboxylic acids is 1. The summed E-state index contributed by atoms with van der Waals surface area (Å²) in [5.74, 6) is 2.75. The van der Waals surface area contributed by atoms with E-state index in [0.717, 1.165) is 46.3 Å². The molecule has 0 aliphatic carbocycles. The summed E-state index contributed by atoms with van der Waals surface area (Å²) in [5.41, 5.74) is 5.59. The van der Waals surface area contributed by atoms with Crippen molar-refractivity contribution >= 4 is 19.4 Å². The fourth-order valence-electron chi connectivity index (χ4n) is 3.45. The van der Waals surface area contributed by atoms with E-state index in [2.05, 4.69) is 54.5 Å². The minimum absolute atomic E-state index is 0. The largest absolute Gasteiger partial charge is 1.00 e. The minimum Gasteiger partial charge on any atom is -0.493 e. The molecule has 0 spiro atoms. The van der Waals surface area contributed by atoms with E-state index >= 15 is 0 Å². The Labute approximate surface area is 209 Å². The number of benzene rings is 2. The first-order valence-electron chi connectivity index (χ1n) is 11.4. The van der Waals surface area contributed by atoms with Crippen LogP contribution in [0.3, 0.4) is 0 Å². The minimum atomic E-state index is 0. The van der Waals surface area contributed by atoms with Crippen molar-refractivity contribution < 1.29 is 33.1 Å². The van der Waals surface area contributed by atoms with Crippen LogP contribution in [0, 0.1) is 39.5 Å². The fraction of sp³-hybridized carbons (Fsp3) is 0.519. The molecule has 2 aromatic rings. The first kappa shape index (κ1) is 28.8. The Bertz CT molecular complexity index is 906. The molecule has 5 heteroatoms. The molecule has 0 bridgehead atoms. The molecule has 0 heterocycles. The van der Waals surface area contributed by atoms with E-state index < -0.39 is 0 Å². The maximum Gasteiger partial charge on any atom is 1.00 e. The van der Waals surface area contributed by atoms with Gasteiger partial charge < -0.3 is 9.47 Å². The van der Waals surface area contributed by atoms with Crippen molar-refractivity contribution in [2.24, 2.45) is 11.8 Å². The van der Waals surface area contributed by atoms with E-state index in [-0.39, 0.29) is 33.0 Å². The SMILES string of the molecule is Cc1cc(C)c(C(=O)Pc2ccc(OCCC(C)C)cc2OCCC(C)C)c(C)c1C.[Li+]. The molecule has 0 aliphatic heterocycles. The van der Waals surface area contributed by atoms with Crippen LogP contribution in [-0.2, 0) is 0 Å². The summed E-state index contributed by atoms with van der Waals surface area (Å²) in [6.45, 7) is 18.4. The van der Waals surface area contributed by atoms with Crippen molar-refractivity contribution in [1.82, 2.24) is 0 Å². The van der Waals surface area contributed by atoms with E-state index in [1.54, 1.807) is 0 Å². The molecule has 0 radical (unpaired) electrons. The second-order valence-corrected chi connectivity index (χ2v) is 10.6. The van der Waals surface area contributed by atoms with E-state index in [1.807, 2.05) is 25.1 Å². The van der Waals surface area contributed by atoms with Gasteiger partial charge in [-0.15, -0.1) is 0 Å². The third kappa shape index (κ3) is 8.26. The molecule has 2 rings (SSSR count). The van der Waals surface area contributed by atoms with Gasteiger partial charge >= 0.3 is 18.9 Å². The molecule has 0 N–H and O–H groups in total. The summed E-state index contributed by atoms with van der Waals surface area (Å²) in [4.78, 5) is 13.3. The number of aryl methyl sites for hydroxylation is 2. The summed E-state index contributed by atoms with van der Waals surface area (Å²) >= 11 is 0. The number of ether oxygens (including phenoxy) is 2. The zero-order valence-corrected chi connectivity index (χ0v) is 22.5. The zero-order valence-electron chi connectivity index (χ0n) is 21.5. The molecule has 3 nitrogen and oxygen atoms in total. The van der Waals surface area contributed by atoms with E-state index in [0.29, 0.717) is 25.0 Å². The van der Waals surface area contributed by atoms with Crippen molar-refractivity contribution in [2.45, 2.75) is 68.2 Å². The van der Waals surface area contributed by atoms with Crippen LogP contribution in [0.15, 0.2) is 24.3 Å². The monoisotopic (exact) mass is 449 g/mol. The molecular formula is C27H39LiO3P+. The molecule has 0 fully saturated rings. The van der Waals surface area contributed by atoms with Crippen molar-refractivity contribution in [3.05, 3.63) is 52.1 Å². The zero-order chi connectivity index (χ0) is 23.1. The second-order valence-electron chi connectivity index (χ2n) is 9.31. The summed E-state index contributed by atoms with van der Waals surface area (Å²) in [6, 6.07) is 8.03. The Balaban J connectivity index is 0.00000512. The summed E-state index contributed by atoms with van der Waals surface area (Å²) in [6.07, 6.45) is 1.99. The van der Waals surface area contributed by atoms with Gasteiger partial charge in [0.05, 0.1) is 13.2 Å². The Kier molecular flexibility index (Phi) is 12.1. The Morgan fingerprint density at radius 1 is 0.844 bits per heavy atom. The summed E-state index contributed by atoms with van der Waals surface area (Å²) < 4.78 is 12.1. The third-order valence-electron chi connectivity index (χ3n) is 5.70. The van der Waals surface area contributed by atoms with Crippen LogP contribution in [0.25, 0.3) is 0 Å². The van der Waals surface area contributed by atoms with Crippen molar-refractivity contribution in [1.29, 1.82) is 0 Å². The van der Waals surface area contributed by atoms with Crippen LogP contribution >= 0.6 is 8.58 Å². The Morgan fingerprint density at radius 2 is 1.44 bits per heavy atom. The van der Waals surface area contributed by atoms with Crippen LogP contribution in [0.1, 0.15) is 73.1 Å². The van der Waals surface area contributed by atoms with Gasteiger partial charge in [0.2, 0.25) is 0 Å². The van der Waals surface area contributed by atoms with Gasteiger partial charge in [0, 0.05) is 16.9 Å². The smallest absolute Gasteiger partial charge is 0.493 e.